The van der Waals surface area contributed by atoms with Gasteiger partial charge in [-0.15, -0.1) is 0 Å². The summed E-state index contributed by atoms with van der Waals surface area (Å²) in [5.74, 6) is 1.65. The Morgan fingerprint density at radius 2 is 2.04 bits per heavy atom. The molecule has 1 aromatic carbocycles. The predicted molar refractivity (Wildman–Crippen MR) is 103 cm³/mol. The van der Waals surface area contributed by atoms with E-state index in [1.165, 1.54) is 0 Å². The maximum Gasteiger partial charge on any atom is 0.254 e. The van der Waals surface area contributed by atoms with Gasteiger partial charge in [-0.1, -0.05) is 12.1 Å². The number of likely N-dealkylation sites (tertiary alicyclic amines) is 1. The molecule has 0 bridgehead atoms. The van der Waals surface area contributed by atoms with Gasteiger partial charge < -0.3 is 14.9 Å². The minimum Gasteiger partial charge on any atom is -0.342 e. The minimum absolute atomic E-state index is 0.0323. The van der Waals surface area contributed by atoms with E-state index in [0.29, 0.717) is 30.2 Å². The zero-order chi connectivity index (χ0) is 19.0. The highest BCUT2D eigenvalue weighted by Crippen LogP contribution is 2.27. The molecule has 1 aliphatic rings. The quantitative estimate of drug-likeness (QED) is 0.744. The van der Waals surface area contributed by atoms with Gasteiger partial charge in [0, 0.05) is 30.3 Å². The number of carbonyl (C=O) groups is 1. The monoisotopic (exact) mass is 365 g/mol. The van der Waals surface area contributed by atoms with Gasteiger partial charge in [-0.3, -0.25) is 9.59 Å². The molecule has 0 aliphatic carbocycles. The molecule has 1 fully saturated rings. The number of piperidine rings is 1. The van der Waals surface area contributed by atoms with Crippen LogP contribution in [-0.2, 0) is 11.2 Å². The van der Waals surface area contributed by atoms with E-state index in [9.17, 15) is 9.59 Å². The van der Waals surface area contributed by atoms with Crippen LogP contribution in [0.5, 0.6) is 0 Å². The summed E-state index contributed by atoms with van der Waals surface area (Å²) in [6.07, 6.45) is 2.01. The SMILES string of the molecule is Cc1nc(C)c(CC(=O)N2CCCC(c3nc4ccccc4[nH]3)C2)c(=O)[nH]1. The molecular weight excluding hydrogens is 342 g/mol. The summed E-state index contributed by atoms with van der Waals surface area (Å²) in [4.78, 5) is 41.9. The fourth-order valence-corrected chi connectivity index (χ4v) is 3.82. The van der Waals surface area contributed by atoms with E-state index >= 15 is 0 Å². The fourth-order valence-electron chi connectivity index (χ4n) is 3.82. The molecule has 3 aromatic rings. The van der Waals surface area contributed by atoms with Crippen LogP contribution in [0, 0.1) is 13.8 Å². The normalized spacial score (nSPS) is 17.4. The van der Waals surface area contributed by atoms with Crippen LogP contribution in [0.4, 0.5) is 0 Å². The van der Waals surface area contributed by atoms with Crippen LogP contribution in [0.1, 0.15) is 41.7 Å². The van der Waals surface area contributed by atoms with Gasteiger partial charge in [0.15, 0.2) is 0 Å². The van der Waals surface area contributed by atoms with Crippen LogP contribution < -0.4 is 5.56 Å². The molecule has 0 spiro atoms. The molecule has 7 heteroatoms. The molecule has 27 heavy (non-hydrogen) atoms. The third-order valence-corrected chi connectivity index (χ3v) is 5.24. The maximum absolute atomic E-state index is 12.8. The number of fused-ring (bicyclic) bond motifs is 1. The number of imidazole rings is 1. The first-order valence-corrected chi connectivity index (χ1v) is 9.30. The van der Waals surface area contributed by atoms with E-state index in [-0.39, 0.29) is 23.8 Å². The van der Waals surface area contributed by atoms with Crippen molar-refractivity contribution in [3.05, 3.63) is 57.5 Å². The Morgan fingerprint density at radius 1 is 1.22 bits per heavy atom. The van der Waals surface area contributed by atoms with Gasteiger partial charge in [-0.25, -0.2) is 9.97 Å². The number of nitrogens with zero attached hydrogens (tertiary/aromatic N) is 3. The van der Waals surface area contributed by atoms with Crippen molar-refractivity contribution >= 4 is 16.9 Å². The molecule has 1 unspecified atom stereocenters. The largest absolute Gasteiger partial charge is 0.342 e. The second-order valence-electron chi connectivity index (χ2n) is 7.21. The van der Waals surface area contributed by atoms with E-state index in [1.807, 2.05) is 29.2 Å². The van der Waals surface area contributed by atoms with Crippen LogP contribution in [0.3, 0.4) is 0 Å². The second-order valence-corrected chi connectivity index (χ2v) is 7.21. The lowest BCUT2D eigenvalue weighted by molar-refractivity contribution is -0.131. The Labute approximate surface area is 156 Å². The number of aromatic amines is 2. The summed E-state index contributed by atoms with van der Waals surface area (Å²) in [7, 11) is 0. The van der Waals surface area contributed by atoms with Crippen molar-refractivity contribution < 1.29 is 4.79 Å². The van der Waals surface area contributed by atoms with Crippen molar-refractivity contribution in [3.8, 4) is 0 Å². The lowest BCUT2D eigenvalue weighted by Crippen LogP contribution is -2.41. The zero-order valence-corrected chi connectivity index (χ0v) is 15.6. The summed E-state index contributed by atoms with van der Waals surface area (Å²) < 4.78 is 0. The first-order chi connectivity index (χ1) is 13.0. The van der Waals surface area contributed by atoms with Crippen LogP contribution in [0.25, 0.3) is 11.0 Å². The number of rotatable bonds is 3. The van der Waals surface area contributed by atoms with Crippen LogP contribution in [0.2, 0.25) is 0 Å². The Balaban J connectivity index is 1.51. The summed E-state index contributed by atoms with van der Waals surface area (Å²) in [6, 6.07) is 7.95. The highest BCUT2D eigenvalue weighted by molar-refractivity contribution is 5.79. The van der Waals surface area contributed by atoms with Crippen molar-refractivity contribution in [2.75, 3.05) is 13.1 Å². The van der Waals surface area contributed by atoms with Gasteiger partial charge >= 0.3 is 0 Å². The van der Waals surface area contributed by atoms with Crippen molar-refractivity contribution in [1.29, 1.82) is 0 Å². The Morgan fingerprint density at radius 3 is 2.81 bits per heavy atom. The van der Waals surface area contributed by atoms with Gasteiger partial charge in [0.2, 0.25) is 5.91 Å². The standard InChI is InChI=1S/C20H23N5O2/c1-12-15(20(27)22-13(2)21-12)10-18(26)25-9-5-6-14(11-25)19-23-16-7-3-4-8-17(16)24-19/h3-4,7-8,14H,5-6,9-11H2,1-2H3,(H,23,24)(H,21,22,27). The molecule has 7 nitrogen and oxygen atoms in total. The molecule has 2 aromatic heterocycles. The first kappa shape index (κ1) is 17.5. The number of H-pyrrole nitrogens is 2. The van der Waals surface area contributed by atoms with E-state index in [2.05, 4.69) is 15.0 Å². The van der Waals surface area contributed by atoms with E-state index in [4.69, 9.17) is 4.98 Å². The molecule has 140 valence electrons. The van der Waals surface area contributed by atoms with E-state index in [0.717, 1.165) is 29.7 Å². The number of para-hydroxylation sites is 2. The molecular formula is C20H23N5O2. The van der Waals surface area contributed by atoms with Gasteiger partial charge in [0.1, 0.15) is 11.6 Å². The van der Waals surface area contributed by atoms with Crippen molar-refractivity contribution in [1.82, 2.24) is 24.8 Å². The average molecular weight is 365 g/mol. The molecule has 2 N–H and O–H groups in total. The predicted octanol–water partition coefficient (Wildman–Crippen LogP) is 2.21. The fraction of sp³-hybridized carbons (Fsp3) is 0.400. The van der Waals surface area contributed by atoms with E-state index < -0.39 is 0 Å². The Kier molecular flexibility index (Phi) is 4.51. The van der Waals surface area contributed by atoms with Crippen molar-refractivity contribution in [3.63, 3.8) is 0 Å². The number of aryl methyl sites for hydroxylation is 2. The number of benzene rings is 1. The summed E-state index contributed by atoms with van der Waals surface area (Å²) in [5.41, 5.74) is 2.82. The third-order valence-electron chi connectivity index (χ3n) is 5.24. The van der Waals surface area contributed by atoms with Crippen LogP contribution in [0.15, 0.2) is 29.1 Å². The summed E-state index contributed by atoms with van der Waals surface area (Å²) in [6.45, 7) is 4.85. The van der Waals surface area contributed by atoms with Crippen LogP contribution >= 0.6 is 0 Å². The number of amides is 1. The average Bonchev–Trinajstić information content (AvgIpc) is 3.09. The highest BCUT2D eigenvalue weighted by Gasteiger charge is 2.27. The third kappa shape index (κ3) is 3.49. The topological polar surface area (TPSA) is 94.7 Å². The number of nitrogens with one attached hydrogen (secondary N) is 2. The van der Waals surface area contributed by atoms with Crippen molar-refractivity contribution in [2.24, 2.45) is 0 Å². The number of hydrogen-bond donors (Lipinski definition) is 2. The lowest BCUT2D eigenvalue weighted by Gasteiger charge is -2.32. The lowest BCUT2D eigenvalue weighted by atomic mass is 9.96. The van der Waals surface area contributed by atoms with E-state index in [1.54, 1.807) is 13.8 Å². The molecule has 1 aliphatic heterocycles. The van der Waals surface area contributed by atoms with Gasteiger partial charge in [-0.2, -0.15) is 0 Å². The molecule has 0 radical (unpaired) electrons. The zero-order valence-electron chi connectivity index (χ0n) is 15.6. The molecule has 3 heterocycles. The molecule has 1 amide bonds. The van der Waals surface area contributed by atoms with Crippen molar-refractivity contribution in [2.45, 2.75) is 39.0 Å². The minimum atomic E-state index is -0.223. The smallest absolute Gasteiger partial charge is 0.254 e. The van der Waals surface area contributed by atoms with Gasteiger partial charge in [0.25, 0.3) is 5.56 Å². The van der Waals surface area contributed by atoms with Crippen LogP contribution in [-0.4, -0.2) is 43.8 Å². The summed E-state index contributed by atoms with van der Waals surface area (Å²) >= 11 is 0. The molecule has 1 saturated heterocycles. The molecule has 0 saturated carbocycles. The molecule has 1 atom stereocenters. The maximum atomic E-state index is 12.8. The highest BCUT2D eigenvalue weighted by atomic mass is 16.2. The molecule has 4 rings (SSSR count). The first-order valence-electron chi connectivity index (χ1n) is 9.30. The second kappa shape index (κ2) is 6.98. The number of carbonyl (C=O) groups excluding carboxylic acids is 1. The number of aromatic nitrogens is 4. The summed E-state index contributed by atoms with van der Waals surface area (Å²) in [5, 5.41) is 0. The Hall–Kier alpha value is -2.96. The van der Waals surface area contributed by atoms with Gasteiger partial charge in [-0.05, 0) is 38.8 Å². The van der Waals surface area contributed by atoms with Gasteiger partial charge in [0.05, 0.1) is 17.5 Å². The Bertz CT molecular complexity index is 1020. The number of hydrogen-bond acceptors (Lipinski definition) is 4.